The van der Waals surface area contributed by atoms with Gasteiger partial charge in [-0.1, -0.05) is 57.2 Å². The summed E-state index contributed by atoms with van der Waals surface area (Å²) in [5.74, 6) is 0.376. The summed E-state index contributed by atoms with van der Waals surface area (Å²) in [5.41, 5.74) is 1.21. The molecule has 0 bridgehead atoms. The number of allylic oxidation sites excluding steroid dienone is 1. The zero-order valence-electron chi connectivity index (χ0n) is 13.3. The number of rotatable bonds is 6. The van der Waals surface area contributed by atoms with Gasteiger partial charge < -0.3 is 4.43 Å². The molecular weight excluding hydrogens is 276 g/mol. The molecule has 1 aromatic carbocycles. The van der Waals surface area contributed by atoms with Crippen molar-refractivity contribution in [2.24, 2.45) is 0 Å². The van der Waals surface area contributed by atoms with Gasteiger partial charge in [0.1, 0.15) is 0 Å². The van der Waals surface area contributed by atoms with Crippen LogP contribution < -0.4 is 0 Å². The van der Waals surface area contributed by atoms with E-state index in [-0.39, 0.29) is 17.8 Å². The van der Waals surface area contributed by atoms with Crippen molar-refractivity contribution in [1.29, 1.82) is 0 Å². The maximum absolute atomic E-state index is 11.8. The van der Waals surface area contributed by atoms with Gasteiger partial charge in [-0.15, -0.1) is 0 Å². The van der Waals surface area contributed by atoms with Crippen LogP contribution in [0.1, 0.15) is 38.7 Å². The quantitative estimate of drug-likeness (QED) is 0.713. The molecule has 2 nitrogen and oxygen atoms in total. The third-order valence-corrected chi connectivity index (χ3v) is 9.47. The summed E-state index contributed by atoms with van der Waals surface area (Å²) in [6.45, 7) is 6.73. The lowest BCUT2D eigenvalue weighted by Gasteiger charge is -2.37. The van der Waals surface area contributed by atoms with Crippen molar-refractivity contribution in [3.05, 3.63) is 48.0 Å². The first-order chi connectivity index (χ1) is 10.1. The van der Waals surface area contributed by atoms with Crippen molar-refractivity contribution in [2.45, 2.75) is 57.3 Å². The summed E-state index contributed by atoms with van der Waals surface area (Å²) in [5, 5.41) is 0. The lowest BCUT2D eigenvalue weighted by Crippen LogP contribution is -2.42. The Balaban J connectivity index is 2.26. The molecule has 114 valence electrons. The van der Waals surface area contributed by atoms with E-state index in [9.17, 15) is 4.79 Å². The van der Waals surface area contributed by atoms with Gasteiger partial charge in [-0.2, -0.15) is 0 Å². The van der Waals surface area contributed by atoms with E-state index in [1.165, 1.54) is 5.56 Å². The molecule has 2 atom stereocenters. The van der Waals surface area contributed by atoms with Crippen molar-refractivity contribution in [3.63, 3.8) is 0 Å². The fraction of sp³-hybridized carbons (Fsp3) is 0.500. The van der Waals surface area contributed by atoms with E-state index in [2.05, 4.69) is 32.9 Å². The van der Waals surface area contributed by atoms with Gasteiger partial charge in [-0.3, -0.25) is 4.79 Å². The molecule has 1 aliphatic rings. The number of benzene rings is 1. The van der Waals surface area contributed by atoms with Gasteiger partial charge in [-0.05, 0) is 29.8 Å². The Kier molecular flexibility index (Phi) is 5.54. The van der Waals surface area contributed by atoms with Crippen molar-refractivity contribution < 1.29 is 9.22 Å². The summed E-state index contributed by atoms with van der Waals surface area (Å²) < 4.78 is 6.64. The average Bonchev–Trinajstić information content (AvgIpc) is 2.55. The van der Waals surface area contributed by atoms with Crippen LogP contribution in [0.5, 0.6) is 0 Å². The van der Waals surface area contributed by atoms with Gasteiger partial charge in [0.2, 0.25) is 0 Å². The molecule has 0 saturated carbocycles. The summed E-state index contributed by atoms with van der Waals surface area (Å²) >= 11 is 0. The third-order valence-electron chi connectivity index (χ3n) is 4.84. The van der Waals surface area contributed by atoms with Crippen molar-refractivity contribution in [3.8, 4) is 0 Å². The van der Waals surface area contributed by atoms with Crippen LogP contribution >= 0.6 is 0 Å². The minimum atomic E-state index is -1.66. The third kappa shape index (κ3) is 3.72. The van der Waals surface area contributed by atoms with Crippen LogP contribution in [-0.2, 0) is 9.22 Å². The van der Waals surface area contributed by atoms with Crippen LogP contribution in [0.25, 0.3) is 0 Å². The van der Waals surface area contributed by atoms with Crippen LogP contribution in [0.15, 0.2) is 42.5 Å². The van der Waals surface area contributed by atoms with E-state index in [0.717, 1.165) is 18.1 Å². The molecule has 0 aliphatic heterocycles. The van der Waals surface area contributed by atoms with Gasteiger partial charge in [-0.25, -0.2) is 0 Å². The predicted octanol–water partition coefficient (Wildman–Crippen LogP) is 4.69. The van der Waals surface area contributed by atoms with E-state index in [4.69, 9.17) is 4.43 Å². The number of ketones is 1. The monoisotopic (exact) mass is 302 g/mol. The van der Waals surface area contributed by atoms with Gasteiger partial charge in [0, 0.05) is 12.3 Å². The molecule has 0 saturated heterocycles. The molecule has 0 N–H and O–H groups in total. The number of carbonyl (C=O) groups is 1. The highest BCUT2D eigenvalue weighted by atomic mass is 28.4. The fourth-order valence-electron chi connectivity index (χ4n) is 3.16. The maximum atomic E-state index is 11.8. The summed E-state index contributed by atoms with van der Waals surface area (Å²) in [6, 6.07) is 13.7. The molecule has 0 fully saturated rings. The van der Waals surface area contributed by atoms with E-state index in [0.29, 0.717) is 6.42 Å². The van der Waals surface area contributed by atoms with Crippen molar-refractivity contribution in [2.75, 3.05) is 0 Å². The summed E-state index contributed by atoms with van der Waals surface area (Å²) in [4.78, 5) is 11.8. The van der Waals surface area contributed by atoms with Gasteiger partial charge >= 0.3 is 0 Å². The maximum Gasteiger partial charge on any atom is 0.192 e. The Morgan fingerprint density at radius 2 is 1.71 bits per heavy atom. The molecule has 0 heterocycles. The Labute approximate surface area is 129 Å². The molecule has 1 aromatic rings. The molecule has 0 amide bonds. The van der Waals surface area contributed by atoms with E-state index in [1.54, 1.807) is 6.08 Å². The Morgan fingerprint density at radius 3 is 2.29 bits per heavy atom. The lowest BCUT2D eigenvalue weighted by atomic mass is 9.85. The largest absolute Gasteiger partial charge is 0.410 e. The summed E-state index contributed by atoms with van der Waals surface area (Å²) in [6.07, 6.45) is 4.32. The number of hydrogen-bond donors (Lipinski definition) is 0. The van der Waals surface area contributed by atoms with Crippen LogP contribution in [0.3, 0.4) is 0 Å². The first-order valence-electron chi connectivity index (χ1n) is 8.08. The molecule has 0 unspecified atom stereocenters. The van der Waals surface area contributed by atoms with E-state index < -0.39 is 8.32 Å². The normalized spacial score (nSPS) is 22.5. The zero-order valence-corrected chi connectivity index (χ0v) is 14.3. The summed E-state index contributed by atoms with van der Waals surface area (Å²) in [7, 11) is -1.66. The lowest BCUT2D eigenvalue weighted by molar-refractivity contribution is -0.115. The highest BCUT2D eigenvalue weighted by Gasteiger charge is 2.36. The second-order valence-corrected chi connectivity index (χ2v) is 10.6. The predicted molar refractivity (Wildman–Crippen MR) is 90.0 cm³/mol. The highest BCUT2D eigenvalue weighted by molar-refractivity contribution is 6.73. The van der Waals surface area contributed by atoms with Crippen LogP contribution in [0, 0.1) is 0 Å². The molecular formula is C18H26O2Si. The number of carbonyl (C=O) groups excluding carboxylic acids is 1. The molecule has 0 aromatic heterocycles. The number of hydrogen-bond acceptors (Lipinski definition) is 2. The second kappa shape index (κ2) is 7.19. The first kappa shape index (κ1) is 16.2. The van der Waals surface area contributed by atoms with Crippen LogP contribution in [0.2, 0.25) is 18.1 Å². The van der Waals surface area contributed by atoms with E-state index in [1.807, 2.05) is 24.3 Å². The standard InChI is InChI=1S/C18H26O2Si/c1-4-21(5-2,6-3)20-18-13-12-16(19)14-17(18)15-10-8-7-9-11-15/h7-13,17-18H,4-6,14H2,1-3H3/t17-,18+/m1/s1. The molecule has 0 radical (unpaired) electrons. The molecule has 0 spiro atoms. The van der Waals surface area contributed by atoms with Crippen LogP contribution in [-0.4, -0.2) is 20.2 Å². The molecule has 3 heteroatoms. The average molecular weight is 302 g/mol. The Hall–Kier alpha value is -1.19. The molecule has 1 aliphatic carbocycles. The smallest absolute Gasteiger partial charge is 0.192 e. The highest BCUT2D eigenvalue weighted by Crippen LogP contribution is 2.34. The van der Waals surface area contributed by atoms with Gasteiger partial charge in [0.25, 0.3) is 0 Å². The minimum Gasteiger partial charge on any atom is -0.410 e. The van der Waals surface area contributed by atoms with Crippen molar-refractivity contribution >= 4 is 14.1 Å². The van der Waals surface area contributed by atoms with Gasteiger partial charge in [0.05, 0.1) is 6.10 Å². The van der Waals surface area contributed by atoms with Crippen molar-refractivity contribution in [1.82, 2.24) is 0 Å². The molecule has 2 rings (SSSR count). The first-order valence-corrected chi connectivity index (χ1v) is 10.6. The SMILES string of the molecule is CC[Si](CC)(CC)O[C@H]1C=CC(=O)C[C@@H]1c1ccccc1. The second-order valence-electron chi connectivity index (χ2n) is 5.87. The molecule has 21 heavy (non-hydrogen) atoms. The minimum absolute atomic E-state index is 0.0524. The Morgan fingerprint density at radius 1 is 1.10 bits per heavy atom. The topological polar surface area (TPSA) is 26.3 Å². The van der Waals surface area contributed by atoms with Crippen LogP contribution in [0.4, 0.5) is 0 Å². The Bertz CT molecular complexity index is 483. The zero-order chi connectivity index (χ0) is 15.3. The van der Waals surface area contributed by atoms with E-state index >= 15 is 0 Å². The van der Waals surface area contributed by atoms with Gasteiger partial charge in [0.15, 0.2) is 14.1 Å². The fourth-order valence-corrected chi connectivity index (χ4v) is 5.98.